The van der Waals surface area contributed by atoms with Crippen LogP contribution >= 0.6 is 0 Å². The Morgan fingerprint density at radius 1 is 1.08 bits per heavy atom. The first-order valence-electron chi connectivity index (χ1n) is 5.79. The second kappa shape index (κ2) is 6.94. The molecular weight excluding hydrogens is 156 g/mol. The predicted molar refractivity (Wildman–Crippen MR) is 59.8 cm³/mol. The Bertz CT molecular complexity index is 174. The van der Waals surface area contributed by atoms with Gasteiger partial charge in [-0.1, -0.05) is 62.8 Å². The Balaban J connectivity index is 1.86. The standard InChI is InChI=1S/C13H22/c1-2-3-4-5-6-7-10-13-11-8-9-12-13/h8,11-12H,2-7,9-10H2,1H3. The van der Waals surface area contributed by atoms with Crippen LogP contribution in [0.5, 0.6) is 0 Å². The summed E-state index contributed by atoms with van der Waals surface area (Å²) < 4.78 is 0. The van der Waals surface area contributed by atoms with Gasteiger partial charge >= 0.3 is 0 Å². The van der Waals surface area contributed by atoms with E-state index in [0.29, 0.717) is 0 Å². The van der Waals surface area contributed by atoms with Gasteiger partial charge in [-0.2, -0.15) is 0 Å². The minimum atomic E-state index is 1.17. The first-order chi connectivity index (χ1) is 6.43. The molecule has 0 amide bonds. The van der Waals surface area contributed by atoms with Crippen LogP contribution in [0.3, 0.4) is 0 Å². The molecule has 0 heterocycles. The Hall–Kier alpha value is -0.520. The molecular formula is C13H22. The van der Waals surface area contributed by atoms with Crippen molar-refractivity contribution in [1.82, 2.24) is 0 Å². The second-order valence-corrected chi connectivity index (χ2v) is 3.93. The lowest BCUT2D eigenvalue weighted by atomic mass is 10.1. The molecule has 0 heteroatoms. The fraction of sp³-hybridized carbons (Fsp3) is 0.692. The summed E-state index contributed by atoms with van der Waals surface area (Å²) in [5, 5.41) is 0. The van der Waals surface area contributed by atoms with E-state index in [1.54, 1.807) is 5.57 Å². The Morgan fingerprint density at radius 2 is 1.85 bits per heavy atom. The van der Waals surface area contributed by atoms with Crippen LogP contribution in [0.2, 0.25) is 0 Å². The van der Waals surface area contributed by atoms with Crippen molar-refractivity contribution in [3.05, 3.63) is 23.8 Å². The molecule has 1 aliphatic rings. The molecule has 0 saturated carbocycles. The molecule has 0 aliphatic heterocycles. The highest BCUT2D eigenvalue weighted by atomic mass is 14.0. The lowest BCUT2D eigenvalue weighted by Gasteiger charge is -2.00. The quantitative estimate of drug-likeness (QED) is 0.499. The van der Waals surface area contributed by atoms with E-state index in [2.05, 4.69) is 25.2 Å². The van der Waals surface area contributed by atoms with Crippen molar-refractivity contribution in [3.63, 3.8) is 0 Å². The van der Waals surface area contributed by atoms with Crippen molar-refractivity contribution in [2.75, 3.05) is 0 Å². The van der Waals surface area contributed by atoms with Crippen molar-refractivity contribution in [1.29, 1.82) is 0 Å². The predicted octanol–water partition coefficient (Wildman–Crippen LogP) is 4.62. The Labute approximate surface area is 82.7 Å². The van der Waals surface area contributed by atoms with E-state index < -0.39 is 0 Å². The number of hydrogen-bond acceptors (Lipinski definition) is 0. The summed E-state index contributed by atoms with van der Waals surface area (Å²) in [6.45, 7) is 2.27. The molecule has 74 valence electrons. The van der Waals surface area contributed by atoms with Crippen LogP contribution in [-0.2, 0) is 0 Å². The van der Waals surface area contributed by atoms with E-state index in [1.165, 1.54) is 51.4 Å². The third-order valence-corrected chi connectivity index (χ3v) is 2.67. The summed E-state index contributed by atoms with van der Waals surface area (Å²) in [6.07, 6.45) is 17.8. The van der Waals surface area contributed by atoms with Gasteiger partial charge in [-0.05, 0) is 19.3 Å². The van der Waals surface area contributed by atoms with E-state index in [1.807, 2.05) is 0 Å². The van der Waals surface area contributed by atoms with Crippen molar-refractivity contribution in [2.45, 2.75) is 58.3 Å². The van der Waals surface area contributed by atoms with Gasteiger partial charge in [0.2, 0.25) is 0 Å². The molecule has 0 fully saturated rings. The molecule has 0 aromatic rings. The highest BCUT2D eigenvalue weighted by Crippen LogP contribution is 2.17. The zero-order valence-corrected chi connectivity index (χ0v) is 8.89. The largest absolute Gasteiger partial charge is 0.0805 e. The molecule has 0 aromatic carbocycles. The van der Waals surface area contributed by atoms with Crippen LogP contribution in [0, 0.1) is 0 Å². The van der Waals surface area contributed by atoms with Crippen LogP contribution in [0.1, 0.15) is 58.3 Å². The van der Waals surface area contributed by atoms with Crippen LogP contribution in [0.4, 0.5) is 0 Å². The Morgan fingerprint density at radius 3 is 2.54 bits per heavy atom. The number of allylic oxidation sites excluding steroid dienone is 4. The van der Waals surface area contributed by atoms with Gasteiger partial charge in [0.1, 0.15) is 0 Å². The summed E-state index contributed by atoms with van der Waals surface area (Å²) in [5.41, 5.74) is 1.57. The topological polar surface area (TPSA) is 0 Å². The first kappa shape index (κ1) is 10.6. The molecule has 0 nitrogen and oxygen atoms in total. The van der Waals surface area contributed by atoms with Gasteiger partial charge in [0, 0.05) is 0 Å². The van der Waals surface area contributed by atoms with Gasteiger partial charge in [0.05, 0.1) is 0 Å². The monoisotopic (exact) mass is 178 g/mol. The average molecular weight is 178 g/mol. The highest BCUT2D eigenvalue weighted by molar-refractivity contribution is 5.25. The minimum Gasteiger partial charge on any atom is -0.0805 e. The Kier molecular flexibility index (Phi) is 5.64. The van der Waals surface area contributed by atoms with E-state index in [4.69, 9.17) is 0 Å². The zero-order chi connectivity index (χ0) is 9.36. The molecule has 0 N–H and O–H groups in total. The van der Waals surface area contributed by atoms with E-state index >= 15 is 0 Å². The van der Waals surface area contributed by atoms with E-state index in [-0.39, 0.29) is 0 Å². The van der Waals surface area contributed by atoms with Crippen LogP contribution in [0.15, 0.2) is 23.8 Å². The fourth-order valence-electron chi connectivity index (χ4n) is 1.80. The second-order valence-electron chi connectivity index (χ2n) is 3.93. The maximum atomic E-state index is 2.35. The summed E-state index contributed by atoms with van der Waals surface area (Å²) in [7, 11) is 0. The van der Waals surface area contributed by atoms with Gasteiger partial charge in [-0.25, -0.2) is 0 Å². The molecule has 0 saturated heterocycles. The number of rotatable bonds is 7. The molecule has 0 radical (unpaired) electrons. The van der Waals surface area contributed by atoms with Crippen LogP contribution in [0.25, 0.3) is 0 Å². The maximum absolute atomic E-state index is 2.35. The molecule has 0 spiro atoms. The van der Waals surface area contributed by atoms with Crippen molar-refractivity contribution in [2.24, 2.45) is 0 Å². The number of hydrogen-bond donors (Lipinski definition) is 0. The van der Waals surface area contributed by atoms with Crippen LogP contribution < -0.4 is 0 Å². The van der Waals surface area contributed by atoms with Crippen molar-refractivity contribution < 1.29 is 0 Å². The molecule has 13 heavy (non-hydrogen) atoms. The van der Waals surface area contributed by atoms with Gasteiger partial charge < -0.3 is 0 Å². The zero-order valence-electron chi connectivity index (χ0n) is 8.89. The molecule has 1 rings (SSSR count). The SMILES string of the molecule is CCCCCCCCC1=CCC=C1. The third-order valence-electron chi connectivity index (χ3n) is 2.67. The summed E-state index contributed by atoms with van der Waals surface area (Å²) in [6, 6.07) is 0. The molecule has 0 bridgehead atoms. The van der Waals surface area contributed by atoms with Crippen LogP contribution in [-0.4, -0.2) is 0 Å². The van der Waals surface area contributed by atoms with Crippen molar-refractivity contribution in [3.8, 4) is 0 Å². The normalized spacial score (nSPS) is 15.0. The van der Waals surface area contributed by atoms with Gasteiger partial charge in [0.25, 0.3) is 0 Å². The lowest BCUT2D eigenvalue weighted by molar-refractivity contribution is 0.608. The molecule has 0 atom stereocenters. The van der Waals surface area contributed by atoms with Gasteiger partial charge in [-0.3, -0.25) is 0 Å². The van der Waals surface area contributed by atoms with Crippen molar-refractivity contribution >= 4 is 0 Å². The lowest BCUT2D eigenvalue weighted by Crippen LogP contribution is -1.80. The van der Waals surface area contributed by atoms with Gasteiger partial charge in [-0.15, -0.1) is 0 Å². The summed E-state index contributed by atoms with van der Waals surface area (Å²) in [4.78, 5) is 0. The van der Waals surface area contributed by atoms with E-state index in [0.717, 1.165) is 0 Å². The number of unbranched alkanes of at least 4 members (excludes halogenated alkanes) is 5. The fourth-order valence-corrected chi connectivity index (χ4v) is 1.80. The van der Waals surface area contributed by atoms with E-state index in [9.17, 15) is 0 Å². The summed E-state index contributed by atoms with van der Waals surface area (Å²) >= 11 is 0. The highest BCUT2D eigenvalue weighted by Gasteiger charge is 1.97. The molecule has 1 aliphatic carbocycles. The molecule has 0 aromatic heterocycles. The molecule has 0 unspecified atom stereocenters. The minimum absolute atomic E-state index is 1.17. The third kappa shape index (κ3) is 4.92. The average Bonchev–Trinajstić information content (AvgIpc) is 2.63. The maximum Gasteiger partial charge on any atom is -0.0160 e. The van der Waals surface area contributed by atoms with Gasteiger partial charge in [0.15, 0.2) is 0 Å². The summed E-state index contributed by atoms with van der Waals surface area (Å²) in [5.74, 6) is 0. The first-order valence-corrected chi connectivity index (χ1v) is 5.79. The smallest absolute Gasteiger partial charge is 0.0160 e.